The average molecular weight is 401 g/mol. The molecule has 1 N–H and O–H groups in total. The standard InChI is InChI=1S/C20H32N2O4.ClH/c1-4-16(3)18-8-6-7-9-19(18)26-15-17(23)14-21-10-12-22(13-11-21)20(24)25-5-2;/h6-9,16-17,23H,4-5,10-15H2,1-3H3;1H. The van der Waals surface area contributed by atoms with Gasteiger partial charge >= 0.3 is 7.52 Å². The first kappa shape index (κ1) is 23.5. The van der Waals surface area contributed by atoms with Crippen molar-refractivity contribution in [2.24, 2.45) is 0 Å². The molecule has 1 saturated heterocycles. The van der Waals surface area contributed by atoms with Crippen LogP contribution in [0.2, 0.25) is 0 Å². The average Bonchev–Trinajstić information content (AvgIpc) is 2.66. The molecule has 0 aliphatic carbocycles. The van der Waals surface area contributed by atoms with Crippen molar-refractivity contribution in [3.05, 3.63) is 29.8 Å². The van der Waals surface area contributed by atoms with Gasteiger partial charge in [-0.2, -0.15) is 0 Å². The Morgan fingerprint density at radius 2 is 1.89 bits per heavy atom. The van der Waals surface area contributed by atoms with Crippen LogP contribution in [-0.2, 0) is 4.74 Å². The largest absolute Gasteiger partial charge is 1.00 e. The normalized spacial score (nSPS) is 17.0. The number of nitrogens with zero attached hydrogens (tertiary/aromatic N) is 2. The summed E-state index contributed by atoms with van der Waals surface area (Å²) in [6, 6.07) is 8.03. The van der Waals surface area contributed by atoms with Gasteiger partial charge in [0.2, 0.25) is 0 Å². The van der Waals surface area contributed by atoms with E-state index in [2.05, 4.69) is 24.8 Å². The van der Waals surface area contributed by atoms with E-state index in [4.69, 9.17) is 9.47 Å². The summed E-state index contributed by atoms with van der Waals surface area (Å²) in [4.78, 5) is 15.6. The van der Waals surface area contributed by atoms with Gasteiger partial charge < -0.3 is 31.9 Å². The lowest BCUT2D eigenvalue weighted by Gasteiger charge is -2.34. The zero-order valence-corrected chi connectivity index (χ0v) is 17.3. The Bertz CT molecular complexity index is 571. The third-order valence-electron chi connectivity index (χ3n) is 4.86. The van der Waals surface area contributed by atoms with E-state index in [9.17, 15) is 9.90 Å². The maximum atomic E-state index is 11.7. The molecule has 1 heterocycles. The van der Waals surface area contributed by atoms with E-state index in [1.54, 1.807) is 4.90 Å². The molecule has 0 spiro atoms. The van der Waals surface area contributed by atoms with E-state index in [0.717, 1.165) is 25.3 Å². The molecule has 0 radical (unpaired) electrons. The van der Waals surface area contributed by atoms with Gasteiger partial charge in [-0.1, -0.05) is 32.0 Å². The van der Waals surface area contributed by atoms with Crippen LogP contribution in [0, 0.1) is 0 Å². The highest BCUT2D eigenvalue weighted by atomic mass is 35.5. The number of para-hydroxylation sites is 1. The number of β-amino-alcohol motifs (C(OH)–C–C–N with tert-alkyl or cyclic N) is 1. The molecular formula is C20H33ClN2O4. The summed E-state index contributed by atoms with van der Waals surface area (Å²) in [7, 11) is 0. The molecule has 7 heteroatoms. The molecule has 2 unspecified atom stereocenters. The lowest BCUT2D eigenvalue weighted by atomic mass is 9.98. The number of aliphatic hydroxyl groups excluding tert-OH is 1. The van der Waals surface area contributed by atoms with E-state index in [-0.39, 0.29) is 26.5 Å². The highest BCUT2D eigenvalue weighted by molar-refractivity contribution is 5.67. The minimum Gasteiger partial charge on any atom is -1.00 e. The Kier molecular flexibility index (Phi) is 10.5. The Morgan fingerprint density at radius 1 is 1.22 bits per heavy atom. The second kappa shape index (κ2) is 12.1. The minimum atomic E-state index is -0.561. The SMILES string of the molecule is CCOC(=O)N1CCN(CC(O)COc2ccccc2C(C)CC)CC1.[Cl-].[H+]. The number of piperazine rings is 1. The van der Waals surface area contributed by atoms with Crippen LogP contribution < -0.4 is 17.1 Å². The molecule has 2 rings (SSSR count). The topological polar surface area (TPSA) is 62.2 Å². The molecule has 1 aliphatic heterocycles. The van der Waals surface area contributed by atoms with Crippen LogP contribution in [0.25, 0.3) is 0 Å². The molecule has 1 aliphatic rings. The second-order valence-corrected chi connectivity index (χ2v) is 6.80. The highest BCUT2D eigenvalue weighted by Crippen LogP contribution is 2.28. The van der Waals surface area contributed by atoms with E-state index in [1.807, 2.05) is 25.1 Å². The fraction of sp³-hybridized carbons (Fsp3) is 0.650. The highest BCUT2D eigenvalue weighted by Gasteiger charge is 2.23. The molecule has 6 nitrogen and oxygen atoms in total. The third kappa shape index (κ3) is 7.20. The van der Waals surface area contributed by atoms with Crippen LogP contribution in [0.15, 0.2) is 24.3 Å². The quantitative estimate of drug-likeness (QED) is 0.656. The maximum Gasteiger partial charge on any atom is 1.00 e. The van der Waals surface area contributed by atoms with Crippen molar-refractivity contribution in [1.82, 2.24) is 9.80 Å². The van der Waals surface area contributed by atoms with Gasteiger partial charge in [-0.25, -0.2) is 4.79 Å². The Balaban J connectivity index is 0.00000364. The van der Waals surface area contributed by atoms with Gasteiger partial charge in [0.15, 0.2) is 0 Å². The first-order valence-corrected chi connectivity index (χ1v) is 9.59. The summed E-state index contributed by atoms with van der Waals surface area (Å²) in [6.07, 6.45) is 0.236. The summed E-state index contributed by atoms with van der Waals surface area (Å²) in [5.41, 5.74) is 1.19. The van der Waals surface area contributed by atoms with E-state index >= 15 is 0 Å². The van der Waals surface area contributed by atoms with Crippen LogP contribution in [-0.4, -0.2) is 73.0 Å². The predicted molar refractivity (Wildman–Crippen MR) is 103 cm³/mol. The predicted octanol–water partition coefficient (Wildman–Crippen LogP) is -0.170. The van der Waals surface area contributed by atoms with Crippen LogP contribution in [0.3, 0.4) is 0 Å². The monoisotopic (exact) mass is 400 g/mol. The number of carbonyl (C=O) groups is 1. The van der Waals surface area contributed by atoms with E-state index in [1.165, 1.54) is 5.56 Å². The summed E-state index contributed by atoms with van der Waals surface area (Å²) in [6.45, 7) is 10.1. The fourth-order valence-corrected chi connectivity index (χ4v) is 3.10. The molecule has 27 heavy (non-hydrogen) atoms. The first-order valence-electron chi connectivity index (χ1n) is 9.59. The van der Waals surface area contributed by atoms with Crippen LogP contribution in [0.1, 0.15) is 40.1 Å². The van der Waals surface area contributed by atoms with Gasteiger partial charge in [0.05, 0.1) is 6.61 Å². The Morgan fingerprint density at radius 3 is 2.52 bits per heavy atom. The molecule has 154 valence electrons. The van der Waals surface area contributed by atoms with Gasteiger partial charge in [-0.15, -0.1) is 0 Å². The number of halogens is 1. The van der Waals surface area contributed by atoms with Crippen molar-refractivity contribution >= 4 is 6.09 Å². The van der Waals surface area contributed by atoms with Crippen molar-refractivity contribution in [2.45, 2.75) is 39.2 Å². The molecule has 1 amide bonds. The molecule has 1 aromatic rings. The lowest BCUT2D eigenvalue weighted by Crippen LogP contribution is -3.00. The van der Waals surface area contributed by atoms with Crippen LogP contribution in [0.4, 0.5) is 4.79 Å². The number of benzene rings is 1. The lowest BCUT2D eigenvalue weighted by molar-refractivity contribution is -0.0000197. The molecule has 2 atom stereocenters. The van der Waals surface area contributed by atoms with Gasteiger partial charge in [-0.3, -0.25) is 4.90 Å². The summed E-state index contributed by atoms with van der Waals surface area (Å²) in [5.74, 6) is 1.28. The number of rotatable bonds is 8. The summed E-state index contributed by atoms with van der Waals surface area (Å²) >= 11 is 0. The Hall–Kier alpha value is -1.50. The number of hydrogen-bond donors (Lipinski definition) is 1. The molecule has 0 bridgehead atoms. The number of aliphatic hydroxyl groups is 1. The number of ether oxygens (including phenoxy) is 2. The van der Waals surface area contributed by atoms with Crippen molar-refractivity contribution in [3.63, 3.8) is 0 Å². The fourth-order valence-electron chi connectivity index (χ4n) is 3.10. The van der Waals surface area contributed by atoms with Gasteiger partial charge in [0.1, 0.15) is 18.5 Å². The van der Waals surface area contributed by atoms with Crippen molar-refractivity contribution in [1.29, 1.82) is 0 Å². The number of amides is 1. The molecule has 1 fully saturated rings. The molecular weight excluding hydrogens is 368 g/mol. The van der Waals surface area contributed by atoms with Crippen molar-refractivity contribution in [3.8, 4) is 5.75 Å². The summed E-state index contributed by atoms with van der Waals surface area (Å²) < 4.78 is 10.9. The summed E-state index contributed by atoms with van der Waals surface area (Å²) in [5, 5.41) is 10.3. The molecule has 1 aromatic carbocycles. The van der Waals surface area contributed by atoms with Crippen LogP contribution in [0.5, 0.6) is 5.75 Å². The Labute approximate surface area is 170 Å². The zero-order valence-electron chi connectivity index (χ0n) is 17.6. The number of carbonyl (C=O) groups excluding carboxylic acids is 1. The smallest absolute Gasteiger partial charge is 1.00 e. The minimum absolute atomic E-state index is 0. The maximum absolute atomic E-state index is 11.7. The van der Waals surface area contributed by atoms with Crippen molar-refractivity contribution < 1.29 is 33.2 Å². The molecule has 0 saturated carbocycles. The third-order valence-corrected chi connectivity index (χ3v) is 4.86. The molecule has 0 aromatic heterocycles. The van der Waals surface area contributed by atoms with Gasteiger partial charge in [-0.05, 0) is 30.9 Å². The van der Waals surface area contributed by atoms with Crippen molar-refractivity contribution in [2.75, 3.05) is 45.9 Å². The van der Waals surface area contributed by atoms with Crippen LogP contribution >= 0.6 is 0 Å². The number of hydrogen-bond acceptors (Lipinski definition) is 5. The second-order valence-electron chi connectivity index (χ2n) is 6.80. The zero-order chi connectivity index (χ0) is 18.9. The first-order chi connectivity index (χ1) is 12.5. The van der Waals surface area contributed by atoms with Gasteiger partial charge in [0, 0.05) is 32.7 Å². The van der Waals surface area contributed by atoms with Gasteiger partial charge in [0.25, 0.3) is 0 Å². The van der Waals surface area contributed by atoms with E-state index < -0.39 is 6.10 Å². The van der Waals surface area contributed by atoms with E-state index in [0.29, 0.717) is 32.2 Å².